The molecule has 8 aromatic rings. The molecule has 0 saturated carbocycles. The number of fused-ring (bicyclic) bond motifs is 2. The number of piperidine rings is 2. The first-order valence-electron chi connectivity index (χ1n) is 22.9. The van der Waals surface area contributed by atoms with Gasteiger partial charge in [0, 0.05) is 64.5 Å². The molecule has 2 saturated heterocycles. The van der Waals surface area contributed by atoms with E-state index in [4.69, 9.17) is 4.74 Å². The zero-order valence-corrected chi connectivity index (χ0v) is 38.7. The number of aromatic nitrogens is 7. The van der Waals surface area contributed by atoms with Gasteiger partial charge in [0.2, 0.25) is 11.8 Å². The number of nitrogens with zero attached hydrogens (tertiary/aromatic N) is 8. The third kappa shape index (κ3) is 8.07. The maximum absolute atomic E-state index is 17.3. The first kappa shape index (κ1) is 45.2. The number of anilines is 2. The van der Waals surface area contributed by atoms with Gasteiger partial charge in [-0.3, -0.25) is 38.3 Å². The fourth-order valence-corrected chi connectivity index (χ4v) is 9.68. The fourth-order valence-electron chi connectivity index (χ4n) is 9.68. The summed E-state index contributed by atoms with van der Waals surface area (Å²) in [5.74, 6) is -1.69. The van der Waals surface area contributed by atoms with E-state index in [1.54, 1.807) is 74.2 Å². The van der Waals surface area contributed by atoms with Crippen LogP contribution in [0.2, 0.25) is 0 Å². The number of hydrogen-bond donors (Lipinski definition) is 3. The summed E-state index contributed by atoms with van der Waals surface area (Å²) in [6.07, 6.45) is 3.45. The first-order chi connectivity index (χ1) is 33.8. The van der Waals surface area contributed by atoms with Crippen molar-refractivity contribution >= 4 is 56.9 Å². The third-order valence-corrected chi connectivity index (χ3v) is 13.4. The molecule has 2 fully saturated rings. The molecular weight excluding hydrogens is 898 g/mol. The summed E-state index contributed by atoms with van der Waals surface area (Å²) in [5, 5.41) is 16.2. The van der Waals surface area contributed by atoms with Crippen LogP contribution in [0.4, 0.5) is 15.8 Å². The van der Waals surface area contributed by atoms with Crippen LogP contribution in [-0.2, 0) is 30.7 Å². The van der Waals surface area contributed by atoms with E-state index in [-0.39, 0.29) is 58.6 Å². The van der Waals surface area contributed by atoms with Crippen LogP contribution in [-0.4, -0.2) is 83.6 Å². The fraction of sp³-hybridized carbons (Fsp3) is 0.255. The van der Waals surface area contributed by atoms with Crippen molar-refractivity contribution in [1.82, 2.24) is 43.9 Å². The van der Waals surface area contributed by atoms with E-state index >= 15 is 4.39 Å². The second-order valence-corrected chi connectivity index (χ2v) is 17.6. The Morgan fingerprint density at radius 1 is 0.800 bits per heavy atom. The summed E-state index contributed by atoms with van der Waals surface area (Å²) in [6, 6.07) is 27.4. The Balaban J connectivity index is 0.915. The number of ether oxygens (including phenoxy) is 1. The van der Waals surface area contributed by atoms with E-state index < -0.39 is 23.7 Å². The molecule has 5 heterocycles. The number of imide groups is 1. The molecule has 2 aliphatic heterocycles. The average Bonchev–Trinajstić information content (AvgIpc) is 3.99. The Labute approximate surface area is 398 Å². The van der Waals surface area contributed by atoms with Gasteiger partial charge in [-0.25, -0.2) is 23.2 Å². The summed E-state index contributed by atoms with van der Waals surface area (Å²) in [7, 11) is 6.39. The molecule has 19 heteroatoms. The van der Waals surface area contributed by atoms with E-state index in [9.17, 15) is 28.8 Å². The monoisotopic (exact) mass is 945 g/mol. The number of benzene rings is 5. The molecule has 0 radical (unpaired) electrons. The average molecular weight is 946 g/mol. The van der Waals surface area contributed by atoms with Crippen LogP contribution in [0.3, 0.4) is 0 Å². The van der Waals surface area contributed by atoms with Gasteiger partial charge >= 0.3 is 11.4 Å². The molecule has 3 aromatic heterocycles. The normalized spacial score (nSPS) is 15.4. The molecule has 18 nitrogen and oxygen atoms in total. The Morgan fingerprint density at radius 3 is 2.33 bits per heavy atom. The lowest BCUT2D eigenvalue weighted by molar-refractivity contribution is -0.135. The van der Waals surface area contributed by atoms with Crippen molar-refractivity contribution in [2.45, 2.75) is 31.7 Å². The molecule has 10 rings (SSSR count). The van der Waals surface area contributed by atoms with Gasteiger partial charge in [0.15, 0.2) is 5.69 Å². The smallest absolute Gasteiger partial charge is 0.350 e. The van der Waals surface area contributed by atoms with Crippen LogP contribution >= 0.6 is 0 Å². The minimum Gasteiger partial charge on any atom is -0.493 e. The van der Waals surface area contributed by atoms with Gasteiger partial charge in [-0.15, -0.1) is 0 Å². The molecule has 356 valence electrons. The highest BCUT2D eigenvalue weighted by Crippen LogP contribution is 2.40. The summed E-state index contributed by atoms with van der Waals surface area (Å²) in [4.78, 5) is 79.7. The zero-order valence-electron chi connectivity index (χ0n) is 38.7. The van der Waals surface area contributed by atoms with Crippen LogP contribution < -0.4 is 37.0 Å². The second kappa shape index (κ2) is 18.1. The number of amides is 4. The van der Waals surface area contributed by atoms with Crippen LogP contribution in [0.25, 0.3) is 49.9 Å². The maximum Gasteiger partial charge on any atom is 0.350 e. The molecule has 1 unspecified atom stereocenters. The van der Waals surface area contributed by atoms with Crippen LogP contribution in [0.15, 0.2) is 113 Å². The lowest BCUT2D eigenvalue weighted by atomic mass is 9.92. The zero-order chi connectivity index (χ0) is 49.0. The van der Waals surface area contributed by atoms with Gasteiger partial charge in [0.25, 0.3) is 11.8 Å². The standard InChI is InChI=1S/C51H48FN11O7/c1-53-47(65)31-9-5-10-32(24-31)55-49(67)45-43-38(59(3)57-45)17-16-36(44(43)52)35-15-14-33(62-28-54-60(4)51(62)69)26-37(35)30-8-6-11-34(25-30)70-27-29-20-22-61(23-21-29)39-12-7-13-40-46(39)58(2)50(68)63(40)41-18-19-42(64)56-48(41)66/h5-17,24-26,28-29,41H,18-23,27H2,1-4H3,(H,53,65)(H,55,67)(H,56,64,66). The Morgan fingerprint density at radius 2 is 1.57 bits per heavy atom. The van der Waals surface area contributed by atoms with Crippen LogP contribution in [0, 0.1) is 11.7 Å². The number of nitrogens with one attached hydrogen (secondary N) is 3. The Kier molecular flexibility index (Phi) is 11.7. The molecule has 2 aliphatic rings. The van der Waals surface area contributed by atoms with Crippen molar-refractivity contribution in [3.05, 3.63) is 141 Å². The topological polar surface area (TPSA) is 201 Å². The predicted molar refractivity (Wildman–Crippen MR) is 261 cm³/mol. The number of aryl methyl sites for hydroxylation is 3. The largest absolute Gasteiger partial charge is 0.493 e. The second-order valence-electron chi connectivity index (χ2n) is 17.6. The molecule has 70 heavy (non-hydrogen) atoms. The van der Waals surface area contributed by atoms with Crippen LogP contribution in [0.1, 0.15) is 52.6 Å². The molecule has 0 aliphatic carbocycles. The van der Waals surface area contributed by atoms with Crippen molar-refractivity contribution in [3.63, 3.8) is 0 Å². The number of para-hydroxylation sites is 1. The number of halogens is 1. The minimum absolute atomic E-state index is 0.00736. The van der Waals surface area contributed by atoms with Gasteiger partial charge < -0.3 is 20.3 Å². The van der Waals surface area contributed by atoms with Gasteiger partial charge in [-0.1, -0.05) is 30.3 Å². The quantitative estimate of drug-likeness (QED) is 0.140. The van der Waals surface area contributed by atoms with E-state index in [1.807, 2.05) is 42.5 Å². The number of rotatable bonds is 11. The number of carbonyl (C=O) groups excluding carboxylic acids is 4. The SMILES string of the molecule is CNC(=O)c1cccc(NC(=O)c2nn(C)c3ccc(-c4ccc(-n5cnn(C)c5=O)cc4-c4cccc(OCC5CCN(c6cccc7c6n(C)c(=O)n7C6CCC(=O)NC6=O)CC5)c4)c(F)c23)c1. The van der Waals surface area contributed by atoms with Gasteiger partial charge in [-0.05, 0) is 109 Å². The van der Waals surface area contributed by atoms with Gasteiger partial charge in [0.05, 0.1) is 39.9 Å². The number of carbonyl (C=O) groups is 4. The molecular formula is C51H48FN11O7. The predicted octanol–water partition coefficient (Wildman–Crippen LogP) is 5.47. The van der Waals surface area contributed by atoms with Crippen molar-refractivity contribution < 1.29 is 28.3 Å². The Bertz CT molecular complexity index is 3560. The molecule has 3 N–H and O–H groups in total. The lowest BCUT2D eigenvalue weighted by Gasteiger charge is -2.34. The Hall–Kier alpha value is -8.61. The van der Waals surface area contributed by atoms with E-state index in [0.717, 1.165) is 24.0 Å². The highest BCUT2D eigenvalue weighted by molar-refractivity contribution is 6.12. The third-order valence-electron chi connectivity index (χ3n) is 13.4. The lowest BCUT2D eigenvalue weighted by Crippen LogP contribution is -2.44. The van der Waals surface area contributed by atoms with Crippen LogP contribution in [0.5, 0.6) is 5.75 Å². The van der Waals surface area contributed by atoms with E-state index in [2.05, 4.69) is 31.0 Å². The first-order valence-corrected chi connectivity index (χ1v) is 22.9. The van der Waals surface area contributed by atoms with E-state index in [0.29, 0.717) is 70.1 Å². The summed E-state index contributed by atoms with van der Waals surface area (Å²) < 4.78 is 30.9. The molecule has 0 bridgehead atoms. The number of imidazole rings is 1. The number of hydrogen-bond acceptors (Lipinski definition) is 10. The maximum atomic E-state index is 17.3. The van der Waals surface area contributed by atoms with Gasteiger partial charge in [-0.2, -0.15) is 10.2 Å². The summed E-state index contributed by atoms with van der Waals surface area (Å²) >= 11 is 0. The van der Waals surface area contributed by atoms with Crippen molar-refractivity contribution in [2.75, 3.05) is 37.0 Å². The van der Waals surface area contributed by atoms with Crippen molar-refractivity contribution in [2.24, 2.45) is 27.1 Å². The van der Waals surface area contributed by atoms with Gasteiger partial charge in [0.1, 0.15) is 23.9 Å². The minimum atomic E-state index is -0.772. The molecule has 5 aromatic carbocycles. The van der Waals surface area contributed by atoms with Crippen molar-refractivity contribution in [1.29, 1.82) is 0 Å². The molecule has 1 atom stereocenters. The summed E-state index contributed by atoms with van der Waals surface area (Å²) in [5.41, 5.74) is 4.94. The highest BCUT2D eigenvalue weighted by Gasteiger charge is 2.33. The molecule has 4 amide bonds. The summed E-state index contributed by atoms with van der Waals surface area (Å²) in [6.45, 7) is 1.84. The molecule has 0 spiro atoms. The highest BCUT2D eigenvalue weighted by atomic mass is 19.1. The van der Waals surface area contributed by atoms with Crippen molar-refractivity contribution in [3.8, 4) is 33.7 Å². The van der Waals surface area contributed by atoms with E-state index in [1.165, 1.54) is 37.9 Å².